The summed E-state index contributed by atoms with van der Waals surface area (Å²) in [5.74, 6) is -0.829. The number of carbonyl (C=O) groups excluding carboxylic acids is 3. The van der Waals surface area contributed by atoms with Crippen molar-refractivity contribution in [2.75, 3.05) is 6.54 Å². The summed E-state index contributed by atoms with van der Waals surface area (Å²) in [6.45, 7) is 4.34. The van der Waals surface area contributed by atoms with Crippen LogP contribution in [-0.4, -0.2) is 30.5 Å². The number of rotatable bonds is 12. The zero-order chi connectivity index (χ0) is 20.1. The highest BCUT2D eigenvalue weighted by Gasteiger charge is 2.18. The fourth-order valence-electron chi connectivity index (χ4n) is 2.26. The number of carbonyl (C=O) groups is 3. The molecule has 0 fully saturated rings. The highest BCUT2D eigenvalue weighted by molar-refractivity contribution is 9.11. The number of halogens is 1. The molecule has 0 aliphatic rings. The van der Waals surface area contributed by atoms with E-state index in [1.807, 2.05) is 30.3 Å². The van der Waals surface area contributed by atoms with Gasteiger partial charge in [0.05, 0.1) is 0 Å². The summed E-state index contributed by atoms with van der Waals surface area (Å²) in [5, 5.41) is 5.27. The minimum absolute atomic E-state index is 0.231. The van der Waals surface area contributed by atoms with Crippen LogP contribution in [0.3, 0.4) is 0 Å². The molecule has 0 spiro atoms. The number of benzene rings is 1. The Hall–Kier alpha value is -2.35. The number of amides is 3. The molecular formula is C19H26BrN3O4. The lowest BCUT2D eigenvalue weighted by Gasteiger charge is -2.14. The van der Waals surface area contributed by atoms with E-state index < -0.39 is 18.0 Å². The molecule has 0 bridgehead atoms. The van der Waals surface area contributed by atoms with Crippen molar-refractivity contribution in [1.29, 1.82) is 0 Å². The summed E-state index contributed by atoms with van der Waals surface area (Å²) < 4.78 is 5.70. The molecule has 0 heterocycles. The first-order chi connectivity index (χ1) is 12.9. The Kier molecular flexibility index (Phi) is 10.9. The lowest BCUT2D eigenvalue weighted by atomic mass is 10.1. The molecule has 1 rings (SSSR count). The van der Waals surface area contributed by atoms with E-state index in [9.17, 15) is 14.4 Å². The SMILES string of the molecule is C=C(Br)C[C@@H](NC(=O)CCCCCNC(=O)OCc1ccccc1)C(N)=O. The number of alkyl carbamates (subject to hydrolysis) is 1. The zero-order valence-electron chi connectivity index (χ0n) is 15.2. The molecule has 0 saturated carbocycles. The Labute approximate surface area is 167 Å². The van der Waals surface area contributed by atoms with Crippen molar-refractivity contribution in [1.82, 2.24) is 10.6 Å². The molecule has 0 saturated heterocycles. The maximum atomic E-state index is 11.8. The monoisotopic (exact) mass is 439 g/mol. The molecule has 0 aromatic heterocycles. The third kappa shape index (κ3) is 11.1. The minimum atomic E-state index is -0.759. The van der Waals surface area contributed by atoms with E-state index in [4.69, 9.17) is 10.5 Å². The number of hydrogen-bond donors (Lipinski definition) is 3. The Bertz CT molecular complexity index is 637. The molecule has 27 heavy (non-hydrogen) atoms. The molecule has 0 aliphatic carbocycles. The Morgan fingerprint density at radius 2 is 1.85 bits per heavy atom. The highest BCUT2D eigenvalue weighted by atomic mass is 79.9. The molecule has 4 N–H and O–H groups in total. The molecule has 1 aromatic carbocycles. The highest BCUT2D eigenvalue weighted by Crippen LogP contribution is 2.10. The normalized spacial score (nSPS) is 11.3. The van der Waals surface area contributed by atoms with Gasteiger partial charge in [-0.2, -0.15) is 0 Å². The van der Waals surface area contributed by atoms with E-state index in [1.165, 1.54) is 0 Å². The van der Waals surface area contributed by atoms with Crippen LogP contribution in [0.1, 0.15) is 37.7 Å². The van der Waals surface area contributed by atoms with Crippen LogP contribution < -0.4 is 16.4 Å². The van der Waals surface area contributed by atoms with Crippen LogP contribution in [0.5, 0.6) is 0 Å². The second-order valence-electron chi connectivity index (χ2n) is 6.04. The van der Waals surface area contributed by atoms with Gasteiger partial charge in [-0.15, -0.1) is 0 Å². The second-order valence-corrected chi connectivity index (χ2v) is 7.16. The lowest BCUT2D eigenvalue weighted by Crippen LogP contribution is -2.44. The molecule has 8 heteroatoms. The van der Waals surface area contributed by atoms with E-state index in [-0.39, 0.29) is 25.4 Å². The molecule has 1 aromatic rings. The van der Waals surface area contributed by atoms with E-state index in [0.29, 0.717) is 17.4 Å². The molecule has 7 nitrogen and oxygen atoms in total. The third-order valence-electron chi connectivity index (χ3n) is 3.67. The van der Waals surface area contributed by atoms with Gasteiger partial charge < -0.3 is 21.1 Å². The summed E-state index contributed by atoms with van der Waals surface area (Å²) in [6, 6.07) is 8.67. The fourth-order valence-corrected chi connectivity index (χ4v) is 2.59. The minimum Gasteiger partial charge on any atom is -0.445 e. The Balaban J connectivity index is 2.08. The largest absolute Gasteiger partial charge is 0.445 e. The van der Waals surface area contributed by atoms with Crippen molar-refractivity contribution >= 4 is 33.8 Å². The summed E-state index contributed by atoms with van der Waals surface area (Å²) in [5.41, 5.74) is 6.18. The number of nitrogens with two attached hydrogens (primary N) is 1. The fraction of sp³-hybridized carbons (Fsp3) is 0.421. The first-order valence-electron chi connectivity index (χ1n) is 8.75. The lowest BCUT2D eigenvalue weighted by molar-refractivity contribution is -0.127. The summed E-state index contributed by atoms with van der Waals surface area (Å²) in [4.78, 5) is 34.7. The molecule has 0 aliphatic heterocycles. The van der Waals surface area contributed by atoms with Crippen LogP contribution in [0, 0.1) is 0 Å². The third-order valence-corrected chi connectivity index (χ3v) is 3.99. The number of primary amides is 1. The van der Waals surface area contributed by atoms with E-state index in [0.717, 1.165) is 18.4 Å². The van der Waals surface area contributed by atoms with Crippen LogP contribution >= 0.6 is 15.9 Å². The smallest absolute Gasteiger partial charge is 0.407 e. The average Bonchev–Trinajstić information content (AvgIpc) is 2.62. The van der Waals surface area contributed by atoms with E-state index >= 15 is 0 Å². The van der Waals surface area contributed by atoms with Gasteiger partial charge in [-0.1, -0.05) is 59.3 Å². The summed E-state index contributed by atoms with van der Waals surface area (Å²) in [6.07, 6.45) is 2.22. The molecule has 1 atom stereocenters. The van der Waals surface area contributed by atoms with Crippen LogP contribution in [-0.2, 0) is 20.9 Å². The summed E-state index contributed by atoms with van der Waals surface area (Å²) >= 11 is 3.15. The van der Waals surface area contributed by atoms with Crippen LogP contribution in [0.25, 0.3) is 0 Å². The van der Waals surface area contributed by atoms with Crippen molar-refractivity contribution in [3.8, 4) is 0 Å². The van der Waals surface area contributed by atoms with Gasteiger partial charge in [0.2, 0.25) is 11.8 Å². The quantitative estimate of drug-likeness (QED) is 0.434. The van der Waals surface area contributed by atoms with Gasteiger partial charge >= 0.3 is 6.09 Å². The van der Waals surface area contributed by atoms with E-state index in [1.54, 1.807) is 0 Å². The van der Waals surface area contributed by atoms with Crippen LogP contribution in [0.4, 0.5) is 4.79 Å². The van der Waals surface area contributed by atoms with Gasteiger partial charge in [0.1, 0.15) is 12.6 Å². The number of unbranched alkanes of at least 4 members (excludes halogenated alkanes) is 2. The first-order valence-corrected chi connectivity index (χ1v) is 9.54. The maximum absolute atomic E-state index is 11.8. The van der Waals surface area contributed by atoms with Crippen molar-refractivity contribution in [2.45, 2.75) is 44.8 Å². The number of hydrogen-bond acceptors (Lipinski definition) is 4. The van der Waals surface area contributed by atoms with Gasteiger partial charge in [0.25, 0.3) is 0 Å². The van der Waals surface area contributed by atoms with Crippen molar-refractivity contribution in [3.05, 3.63) is 47.0 Å². The van der Waals surface area contributed by atoms with Crippen molar-refractivity contribution < 1.29 is 19.1 Å². The van der Waals surface area contributed by atoms with Gasteiger partial charge in [0.15, 0.2) is 0 Å². The van der Waals surface area contributed by atoms with Gasteiger partial charge in [-0.05, 0) is 22.9 Å². The molecule has 0 unspecified atom stereocenters. The van der Waals surface area contributed by atoms with Gasteiger partial charge in [-0.3, -0.25) is 9.59 Å². The van der Waals surface area contributed by atoms with Crippen molar-refractivity contribution in [3.63, 3.8) is 0 Å². The Morgan fingerprint density at radius 1 is 1.15 bits per heavy atom. The van der Waals surface area contributed by atoms with Gasteiger partial charge in [0, 0.05) is 19.4 Å². The maximum Gasteiger partial charge on any atom is 0.407 e. The average molecular weight is 440 g/mol. The topological polar surface area (TPSA) is 111 Å². The second kappa shape index (κ2) is 12.9. The van der Waals surface area contributed by atoms with Crippen molar-refractivity contribution in [2.24, 2.45) is 5.73 Å². The van der Waals surface area contributed by atoms with Crippen LogP contribution in [0.2, 0.25) is 0 Å². The standard InChI is InChI=1S/C19H26BrN3O4/c1-14(20)12-16(18(21)25)23-17(24)10-6-3-7-11-22-19(26)27-13-15-8-4-2-5-9-15/h2,4-5,8-9,16H,1,3,6-7,10-13H2,(H2,21,25)(H,22,26)(H,23,24)/t16-/m1/s1. The molecule has 0 radical (unpaired) electrons. The Morgan fingerprint density at radius 3 is 2.48 bits per heavy atom. The van der Waals surface area contributed by atoms with E-state index in [2.05, 4.69) is 33.1 Å². The predicted octanol–water partition coefficient (Wildman–Crippen LogP) is 2.74. The summed E-state index contributed by atoms with van der Waals surface area (Å²) in [7, 11) is 0. The van der Waals surface area contributed by atoms with Crippen LogP contribution in [0.15, 0.2) is 41.4 Å². The molecular weight excluding hydrogens is 414 g/mol. The number of ether oxygens (including phenoxy) is 1. The molecule has 148 valence electrons. The number of nitrogens with one attached hydrogen (secondary N) is 2. The predicted molar refractivity (Wildman–Crippen MR) is 107 cm³/mol. The first kappa shape index (κ1) is 22.7. The zero-order valence-corrected chi connectivity index (χ0v) is 16.8. The molecule has 3 amide bonds. The van der Waals surface area contributed by atoms with Gasteiger partial charge in [-0.25, -0.2) is 4.79 Å².